The van der Waals surface area contributed by atoms with E-state index in [1.54, 1.807) is 11.3 Å². The number of thiophene rings is 1. The summed E-state index contributed by atoms with van der Waals surface area (Å²) in [7, 11) is 0. The minimum atomic E-state index is 0.653. The lowest BCUT2D eigenvalue weighted by Gasteiger charge is -2.11. The van der Waals surface area contributed by atoms with Gasteiger partial charge in [0, 0.05) is 104 Å². The Hall–Kier alpha value is -15.1. The van der Waals surface area contributed by atoms with E-state index in [0.29, 0.717) is 11.4 Å². The topological polar surface area (TPSA) is 84.4 Å². The van der Waals surface area contributed by atoms with Crippen molar-refractivity contribution in [3.05, 3.63) is 376 Å². The first-order chi connectivity index (χ1) is 56.5. The molecule has 0 fully saturated rings. The van der Waals surface area contributed by atoms with Crippen molar-refractivity contribution in [1.29, 1.82) is 0 Å². The molecule has 25 rings (SSSR count). The molecule has 9 nitrogen and oxygen atoms in total. The second-order valence-electron chi connectivity index (χ2n) is 29.6. The predicted octanol–water partition coefficient (Wildman–Crippen LogP) is 27.7. The second kappa shape index (κ2) is 25.2. The van der Waals surface area contributed by atoms with E-state index in [1.807, 2.05) is 18.2 Å². The Balaban J connectivity index is 0.000000132. The molecular formula is C104H62N8OS. The van der Waals surface area contributed by atoms with Crippen molar-refractivity contribution in [3.63, 3.8) is 0 Å². The fourth-order valence-electron chi connectivity index (χ4n) is 17.9. The molecule has 0 amide bonds. The molecule has 10 heteroatoms. The van der Waals surface area contributed by atoms with Crippen LogP contribution in [0.25, 0.3) is 230 Å². The molecule has 0 N–H and O–H groups in total. The predicted molar refractivity (Wildman–Crippen MR) is 476 cm³/mol. The molecule has 0 saturated carbocycles. The SMILES string of the molecule is c1ccc(-n2c3ccccc3c3cc(-c4nc(-c5ccc(-n6c7ccccc7c7cc8ccccc8cc76)cc5)nc5c4oc4ccccc45)ccc32)cc1.c1ccc(-n2c3ccccc3c3cc(-c4nc(-c5ccc6ccc(-n7c8ccccc8c8cc9ccccc9cc87)cc6c5)nc5c4sc4ccccc45)ccc32)cc1. The smallest absolute Gasteiger partial charge is 0.180 e. The second-order valence-corrected chi connectivity index (χ2v) is 30.7. The maximum atomic E-state index is 6.55. The largest absolute Gasteiger partial charge is 0.452 e. The van der Waals surface area contributed by atoms with Gasteiger partial charge in [0.05, 0.1) is 60.0 Å². The summed E-state index contributed by atoms with van der Waals surface area (Å²) >= 11 is 1.77. The molecule has 0 saturated heterocycles. The zero-order valence-electron chi connectivity index (χ0n) is 61.2. The molecule has 0 aliphatic carbocycles. The number of nitrogens with zero attached hydrogens (tertiary/aromatic N) is 8. The lowest BCUT2D eigenvalue weighted by atomic mass is 10.0. The summed E-state index contributed by atoms with van der Waals surface area (Å²) in [6, 6.07) is 135. The van der Waals surface area contributed by atoms with E-state index in [4.69, 9.17) is 24.4 Å². The lowest BCUT2D eigenvalue weighted by molar-refractivity contribution is 0.667. The molecule has 25 aromatic rings. The van der Waals surface area contributed by atoms with Crippen LogP contribution in [0.4, 0.5) is 0 Å². The van der Waals surface area contributed by atoms with Gasteiger partial charge >= 0.3 is 0 Å². The van der Waals surface area contributed by atoms with Crippen molar-refractivity contribution in [2.75, 3.05) is 0 Å². The quantitative estimate of drug-likeness (QED) is 0.151. The number of benzene rings is 17. The van der Waals surface area contributed by atoms with Gasteiger partial charge in [-0.05, 0) is 190 Å². The van der Waals surface area contributed by atoms with Gasteiger partial charge in [0.2, 0.25) is 0 Å². The highest BCUT2D eigenvalue weighted by Crippen LogP contribution is 2.46. The van der Waals surface area contributed by atoms with Crippen molar-refractivity contribution in [2.45, 2.75) is 0 Å². The van der Waals surface area contributed by atoms with Gasteiger partial charge in [-0.25, -0.2) is 19.9 Å². The van der Waals surface area contributed by atoms with Crippen molar-refractivity contribution in [3.8, 4) is 68.0 Å². The summed E-state index contributed by atoms with van der Waals surface area (Å²) in [4.78, 5) is 21.3. The van der Waals surface area contributed by atoms with E-state index >= 15 is 0 Å². The van der Waals surface area contributed by atoms with Gasteiger partial charge in [0.15, 0.2) is 17.2 Å². The third-order valence-electron chi connectivity index (χ3n) is 23.2. The van der Waals surface area contributed by atoms with Crippen LogP contribution in [0, 0.1) is 0 Å². The Morgan fingerprint density at radius 1 is 0.219 bits per heavy atom. The summed E-state index contributed by atoms with van der Waals surface area (Å²) in [5, 5.41) is 19.1. The highest BCUT2D eigenvalue weighted by atomic mass is 32.1. The molecule has 0 unspecified atom stereocenters. The van der Waals surface area contributed by atoms with Crippen LogP contribution in [0.2, 0.25) is 0 Å². The van der Waals surface area contributed by atoms with Gasteiger partial charge in [-0.2, -0.15) is 0 Å². The van der Waals surface area contributed by atoms with Crippen molar-refractivity contribution >= 4 is 173 Å². The van der Waals surface area contributed by atoms with Crippen LogP contribution in [-0.2, 0) is 0 Å². The maximum absolute atomic E-state index is 6.55. The van der Waals surface area contributed by atoms with Gasteiger partial charge in [0.25, 0.3) is 0 Å². The minimum absolute atomic E-state index is 0.653. The van der Waals surface area contributed by atoms with Gasteiger partial charge < -0.3 is 22.7 Å². The lowest BCUT2D eigenvalue weighted by Crippen LogP contribution is -1.96. The zero-order chi connectivity index (χ0) is 74.6. The van der Waals surface area contributed by atoms with Crippen molar-refractivity contribution in [1.82, 2.24) is 38.2 Å². The third-order valence-corrected chi connectivity index (χ3v) is 24.3. The van der Waals surface area contributed by atoms with Gasteiger partial charge in [-0.3, -0.25) is 0 Å². The van der Waals surface area contributed by atoms with Crippen molar-refractivity contribution in [2.24, 2.45) is 0 Å². The van der Waals surface area contributed by atoms with E-state index in [0.717, 1.165) is 116 Å². The zero-order valence-corrected chi connectivity index (χ0v) is 62.0. The molecule has 8 heterocycles. The summed E-state index contributed by atoms with van der Waals surface area (Å²) in [5.41, 5.74) is 22.9. The van der Waals surface area contributed by atoms with E-state index in [9.17, 15) is 0 Å². The first-order valence-corrected chi connectivity index (χ1v) is 39.4. The van der Waals surface area contributed by atoms with Crippen LogP contribution >= 0.6 is 11.3 Å². The van der Waals surface area contributed by atoms with Gasteiger partial charge in [0.1, 0.15) is 16.8 Å². The first-order valence-electron chi connectivity index (χ1n) is 38.6. The molecule has 530 valence electrons. The molecule has 0 aliphatic heterocycles. The Bertz CT molecular complexity index is 8310. The molecule has 0 spiro atoms. The molecule has 0 radical (unpaired) electrons. The number of hydrogen-bond donors (Lipinski definition) is 0. The summed E-state index contributed by atoms with van der Waals surface area (Å²) < 4.78 is 18.3. The molecule has 0 aliphatic rings. The Morgan fingerprint density at radius 2 is 0.614 bits per heavy atom. The Labute approximate surface area is 655 Å². The molecule has 8 aromatic heterocycles. The molecule has 114 heavy (non-hydrogen) atoms. The average molecular weight is 1470 g/mol. The van der Waals surface area contributed by atoms with Crippen LogP contribution < -0.4 is 0 Å². The fraction of sp³-hybridized carbons (Fsp3) is 0. The summed E-state index contributed by atoms with van der Waals surface area (Å²) in [5.74, 6) is 1.37. The minimum Gasteiger partial charge on any atom is -0.452 e. The first kappa shape index (κ1) is 63.8. The highest BCUT2D eigenvalue weighted by molar-refractivity contribution is 7.26. The molecular weight excluding hydrogens is 1410 g/mol. The van der Waals surface area contributed by atoms with E-state index in [2.05, 4.69) is 376 Å². The van der Waals surface area contributed by atoms with Gasteiger partial charge in [-0.15, -0.1) is 11.3 Å². The standard InChI is InChI=1S/C54H32N4S.C50H30N4O/c1-2-14-39(15-3-1)57-46-19-9-6-16-41(46)44-31-36(25-27-48(44)57)51-53-52(43-18-8-11-21-50(43)59-53)56-54(55-51)37-23-22-33-24-26-40(29-38(33)28-37)58-47-20-10-7-17-42(47)45-30-34-12-4-5-13-35(34)32-49(45)58;1-2-14-35(15-3-1)53-42-19-9-6-16-37(42)40-29-34(24-27-44(40)53)47-49-48(39-18-8-11-21-46(39)55-49)52-50(51-47)31-22-25-36(26-23-31)54-43-20-10-7-17-38(43)41-28-32-12-4-5-13-33(32)30-45(41)54/h1-32H;1-30H. The van der Waals surface area contributed by atoms with Crippen LogP contribution in [0.5, 0.6) is 0 Å². The van der Waals surface area contributed by atoms with Crippen LogP contribution in [-0.4, -0.2) is 38.2 Å². The molecule has 17 aromatic carbocycles. The third kappa shape index (κ3) is 9.97. The fourth-order valence-corrected chi connectivity index (χ4v) is 19.1. The molecule has 0 bridgehead atoms. The van der Waals surface area contributed by atoms with Gasteiger partial charge in [-0.1, -0.05) is 218 Å². The highest BCUT2D eigenvalue weighted by Gasteiger charge is 2.25. The maximum Gasteiger partial charge on any atom is 0.180 e. The van der Waals surface area contributed by atoms with Crippen molar-refractivity contribution < 1.29 is 4.42 Å². The van der Waals surface area contributed by atoms with Crippen LogP contribution in [0.15, 0.2) is 381 Å². The number of para-hydroxylation sites is 7. The number of fused-ring (bicyclic) bond motifs is 21. The van der Waals surface area contributed by atoms with E-state index in [-0.39, 0.29) is 0 Å². The van der Waals surface area contributed by atoms with Crippen LogP contribution in [0.3, 0.4) is 0 Å². The van der Waals surface area contributed by atoms with E-state index in [1.165, 1.54) is 102 Å². The van der Waals surface area contributed by atoms with Crippen LogP contribution in [0.1, 0.15) is 0 Å². The summed E-state index contributed by atoms with van der Waals surface area (Å²) in [6.45, 7) is 0. The number of rotatable bonds is 8. The summed E-state index contributed by atoms with van der Waals surface area (Å²) in [6.07, 6.45) is 0. The number of hydrogen-bond acceptors (Lipinski definition) is 6. The Kier molecular flexibility index (Phi) is 14.1. The average Bonchev–Trinajstić information content (AvgIpc) is 1.58. The van der Waals surface area contributed by atoms with E-state index < -0.39 is 0 Å². The number of aromatic nitrogens is 8. The monoisotopic (exact) mass is 1470 g/mol. The normalized spacial score (nSPS) is 12.0. The molecule has 0 atom stereocenters. The number of furan rings is 1. The Morgan fingerprint density at radius 3 is 1.19 bits per heavy atom.